The van der Waals surface area contributed by atoms with Crippen LogP contribution >= 0.6 is 0 Å². The third-order valence-corrected chi connectivity index (χ3v) is 2.51. The van der Waals surface area contributed by atoms with E-state index in [9.17, 15) is 14.4 Å². The van der Waals surface area contributed by atoms with Gasteiger partial charge in [0.1, 0.15) is 17.9 Å². The molecule has 0 aliphatic rings. The molecule has 2 aromatic rings. The zero-order valence-corrected chi connectivity index (χ0v) is 11.1. The summed E-state index contributed by atoms with van der Waals surface area (Å²) in [5.74, 6) is -1.51. The van der Waals surface area contributed by atoms with Crippen LogP contribution in [0.4, 0.5) is 0 Å². The molecule has 1 amide bonds. The molecule has 0 aromatic carbocycles. The van der Waals surface area contributed by atoms with Crippen molar-refractivity contribution in [1.29, 1.82) is 0 Å². The lowest BCUT2D eigenvalue weighted by Crippen LogP contribution is -2.28. The van der Waals surface area contributed by atoms with Gasteiger partial charge in [-0.05, 0) is 6.07 Å². The Bertz CT molecular complexity index is 734. The second-order valence-corrected chi connectivity index (χ2v) is 4.16. The summed E-state index contributed by atoms with van der Waals surface area (Å²) in [7, 11) is 1.44. The Balaban J connectivity index is 1.97. The van der Waals surface area contributed by atoms with E-state index in [1.165, 1.54) is 25.4 Å². The molecule has 2 aromatic heterocycles. The van der Waals surface area contributed by atoms with E-state index >= 15 is 0 Å². The number of nitrogens with one attached hydrogen (secondary N) is 1. The molecular weight excluding hydrogens is 280 g/mol. The number of carboxylic acids is 1. The number of amides is 1. The lowest BCUT2D eigenvalue weighted by atomic mass is 10.3. The molecule has 0 aliphatic carbocycles. The predicted octanol–water partition coefficient (Wildman–Crippen LogP) is -1.61. The van der Waals surface area contributed by atoms with Crippen LogP contribution in [0.5, 0.6) is 0 Å². The summed E-state index contributed by atoms with van der Waals surface area (Å²) in [4.78, 5) is 33.5. The molecule has 0 saturated carbocycles. The van der Waals surface area contributed by atoms with Crippen LogP contribution in [-0.4, -0.2) is 41.8 Å². The predicted molar refractivity (Wildman–Crippen MR) is 68.3 cm³/mol. The Morgan fingerprint density at radius 3 is 2.81 bits per heavy atom. The van der Waals surface area contributed by atoms with Crippen molar-refractivity contribution < 1.29 is 14.7 Å². The molecule has 0 fully saturated rings. The Labute approximate surface area is 118 Å². The number of carbonyl (C=O) groups excluding carboxylic acids is 1. The number of aromatic nitrogens is 5. The first-order valence-electron chi connectivity index (χ1n) is 5.89. The van der Waals surface area contributed by atoms with E-state index in [0.717, 1.165) is 9.36 Å². The van der Waals surface area contributed by atoms with Gasteiger partial charge in [-0.3, -0.25) is 14.4 Å². The molecule has 2 heterocycles. The minimum absolute atomic E-state index is 0.0724. The van der Waals surface area contributed by atoms with Gasteiger partial charge in [0, 0.05) is 13.1 Å². The standard InChI is InChI=1S/C11H12N6O4/c1-16-9(18)3-2-8(14-16)11(21)12-4-7-5-17(15-13-7)6-10(19)20/h2-3,5H,4,6H2,1H3,(H,12,21)(H,19,20). The van der Waals surface area contributed by atoms with Crippen LogP contribution in [0.25, 0.3) is 0 Å². The molecule has 21 heavy (non-hydrogen) atoms. The van der Waals surface area contributed by atoms with Gasteiger partial charge in [0.2, 0.25) is 0 Å². The molecule has 0 bridgehead atoms. The van der Waals surface area contributed by atoms with E-state index in [1.807, 2.05) is 0 Å². The number of carbonyl (C=O) groups is 2. The van der Waals surface area contributed by atoms with E-state index in [4.69, 9.17) is 5.11 Å². The van der Waals surface area contributed by atoms with Gasteiger partial charge in [0.15, 0.2) is 0 Å². The van der Waals surface area contributed by atoms with Crippen LogP contribution in [0.3, 0.4) is 0 Å². The second kappa shape index (κ2) is 5.94. The highest BCUT2D eigenvalue weighted by molar-refractivity contribution is 5.91. The highest BCUT2D eigenvalue weighted by atomic mass is 16.4. The lowest BCUT2D eigenvalue weighted by Gasteiger charge is -2.03. The summed E-state index contributed by atoms with van der Waals surface area (Å²) in [6, 6.07) is 2.56. The van der Waals surface area contributed by atoms with Crippen LogP contribution in [0.2, 0.25) is 0 Å². The summed E-state index contributed by atoms with van der Waals surface area (Å²) in [5.41, 5.74) is 0.188. The van der Waals surface area contributed by atoms with E-state index in [0.29, 0.717) is 5.69 Å². The van der Waals surface area contributed by atoms with E-state index < -0.39 is 11.9 Å². The zero-order chi connectivity index (χ0) is 15.4. The van der Waals surface area contributed by atoms with E-state index in [-0.39, 0.29) is 24.3 Å². The third kappa shape index (κ3) is 3.72. The maximum absolute atomic E-state index is 11.8. The van der Waals surface area contributed by atoms with Gasteiger partial charge in [-0.25, -0.2) is 9.36 Å². The van der Waals surface area contributed by atoms with Crippen LogP contribution in [0, 0.1) is 0 Å². The first-order valence-corrected chi connectivity index (χ1v) is 5.89. The fraction of sp³-hybridized carbons (Fsp3) is 0.273. The number of hydrogen-bond acceptors (Lipinski definition) is 6. The molecule has 0 unspecified atom stereocenters. The first-order chi connectivity index (χ1) is 9.95. The highest BCUT2D eigenvalue weighted by Gasteiger charge is 2.10. The number of carboxylic acid groups (broad SMARTS) is 1. The Morgan fingerprint density at radius 2 is 2.14 bits per heavy atom. The molecule has 0 spiro atoms. The zero-order valence-electron chi connectivity index (χ0n) is 11.1. The third-order valence-electron chi connectivity index (χ3n) is 2.51. The molecule has 10 nitrogen and oxygen atoms in total. The Kier molecular flexibility index (Phi) is 4.07. The number of aryl methyl sites for hydroxylation is 1. The van der Waals surface area contributed by atoms with Crippen molar-refractivity contribution in [2.75, 3.05) is 0 Å². The van der Waals surface area contributed by atoms with Crippen molar-refractivity contribution >= 4 is 11.9 Å². The van der Waals surface area contributed by atoms with Gasteiger partial charge in [0.25, 0.3) is 11.5 Å². The van der Waals surface area contributed by atoms with E-state index in [2.05, 4.69) is 20.7 Å². The van der Waals surface area contributed by atoms with Gasteiger partial charge < -0.3 is 10.4 Å². The number of rotatable bonds is 5. The Hall–Kier alpha value is -3.04. The summed E-state index contributed by atoms with van der Waals surface area (Å²) in [6.45, 7) is -0.230. The van der Waals surface area contributed by atoms with Crippen molar-refractivity contribution in [1.82, 2.24) is 30.1 Å². The number of nitrogens with zero attached hydrogens (tertiary/aromatic N) is 5. The minimum Gasteiger partial charge on any atom is -0.480 e. The van der Waals surface area contributed by atoms with Crippen LogP contribution in [0.15, 0.2) is 23.1 Å². The van der Waals surface area contributed by atoms with Crippen molar-refractivity contribution in [3.8, 4) is 0 Å². The minimum atomic E-state index is -1.04. The second-order valence-electron chi connectivity index (χ2n) is 4.16. The van der Waals surface area contributed by atoms with Gasteiger partial charge in [-0.2, -0.15) is 5.10 Å². The molecule has 2 N–H and O–H groups in total. The van der Waals surface area contributed by atoms with Crippen molar-refractivity contribution in [2.24, 2.45) is 7.05 Å². The maximum atomic E-state index is 11.8. The maximum Gasteiger partial charge on any atom is 0.325 e. The summed E-state index contributed by atoms with van der Waals surface area (Å²) in [6.07, 6.45) is 1.42. The normalized spacial score (nSPS) is 10.3. The number of hydrogen-bond donors (Lipinski definition) is 2. The molecule has 0 aliphatic heterocycles. The van der Waals surface area contributed by atoms with Gasteiger partial charge in [-0.1, -0.05) is 5.21 Å². The lowest BCUT2D eigenvalue weighted by molar-refractivity contribution is -0.137. The van der Waals surface area contributed by atoms with E-state index in [1.54, 1.807) is 0 Å². The molecule has 0 atom stereocenters. The van der Waals surface area contributed by atoms with Gasteiger partial charge in [0.05, 0.1) is 12.7 Å². The fourth-order valence-corrected chi connectivity index (χ4v) is 1.52. The topological polar surface area (TPSA) is 132 Å². The van der Waals surface area contributed by atoms with Crippen LogP contribution < -0.4 is 10.9 Å². The van der Waals surface area contributed by atoms with Crippen molar-refractivity contribution in [3.63, 3.8) is 0 Å². The SMILES string of the molecule is Cn1nc(C(=O)NCc2cn(CC(=O)O)nn2)ccc1=O. The smallest absolute Gasteiger partial charge is 0.325 e. The summed E-state index contributed by atoms with van der Waals surface area (Å²) in [5, 5.41) is 22.3. The molecule has 2 rings (SSSR count). The Morgan fingerprint density at radius 1 is 1.38 bits per heavy atom. The molecule has 110 valence electrons. The molecule has 0 radical (unpaired) electrons. The number of aliphatic carboxylic acids is 1. The fourth-order valence-electron chi connectivity index (χ4n) is 1.52. The molecular formula is C11H12N6O4. The summed E-state index contributed by atoms with van der Waals surface area (Å²) < 4.78 is 2.20. The van der Waals surface area contributed by atoms with Crippen molar-refractivity contribution in [2.45, 2.75) is 13.1 Å². The molecule has 0 saturated heterocycles. The van der Waals surface area contributed by atoms with Crippen LogP contribution in [0.1, 0.15) is 16.2 Å². The average molecular weight is 292 g/mol. The summed E-state index contributed by atoms with van der Waals surface area (Å²) >= 11 is 0. The highest BCUT2D eigenvalue weighted by Crippen LogP contribution is 1.95. The monoisotopic (exact) mass is 292 g/mol. The van der Waals surface area contributed by atoms with Crippen molar-refractivity contribution in [3.05, 3.63) is 40.1 Å². The van der Waals surface area contributed by atoms with Gasteiger partial charge >= 0.3 is 5.97 Å². The first kappa shape index (κ1) is 14.4. The quantitative estimate of drug-likeness (QED) is 0.677. The van der Waals surface area contributed by atoms with Crippen LogP contribution in [-0.2, 0) is 24.9 Å². The van der Waals surface area contributed by atoms with Gasteiger partial charge in [-0.15, -0.1) is 5.10 Å². The molecule has 10 heteroatoms. The largest absolute Gasteiger partial charge is 0.480 e. The average Bonchev–Trinajstić information content (AvgIpc) is 2.86.